The summed E-state index contributed by atoms with van der Waals surface area (Å²) in [6, 6.07) is 10.2. The van der Waals surface area contributed by atoms with Crippen molar-refractivity contribution in [1.29, 1.82) is 5.26 Å². The fourth-order valence-electron chi connectivity index (χ4n) is 2.56. The molecule has 0 aromatic heterocycles. The number of hydrogen-bond donors (Lipinski definition) is 1. The Morgan fingerprint density at radius 1 is 1.42 bits per heavy atom. The zero-order valence-electron chi connectivity index (χ0n) is 10.3. The van der Waals surface area contributed by atoms with E-state index in [4.69, 9.17) is 0 Å². The highest BCUT2D eigenvalue weighted by Crippen LogP contribution is 2.62. The van der Waals surface area contributed by atoms with Gasteiger partial charge < -0.3 is 5.11 Å². The van der Waals surface area contributed by atoms with Gasteiger partial charge in [-0.1, -0.05) is 37.3 Å². The summed E-state index contributed by atoms with van der Waals surface area (Å²) in [6.45, 7) is 1.46. The van der Waals surface area contributed by atoms with Crippen LogP contribution < -0.4 is 0 Å². The van der Waals surface area contributed by atoms with E-state index in [2.05, 4.69) is 0 Å². The third-order valence-corrected chi connectivity index (χ3v) is 5.84. The van der Waals surface area contributed by atoms with Crippen LogP contribution in [0.1, 0.15) is 18.4 Å². The highest BCUT2D eigenvalue weighted by molar-refractivity contribution is 7.92. The quantitative estimate of drug-likeness (QED) is 0.893. The van der Waals surface area contributed by atoms with Gasteiger partial charge in [-0.05, 0) is 5.56 Å². The molecular weight excluding hydrogens is 266 g/mol. The maximum absolute atomic E-state index is 12.0. The van der Waals surface area contributed by atoms with Crippen molar-refractivity contribution in [2.24, 2.45) is 5.41 Å². The number of nitriles is 1. The lowest BCUT2D eigenvalue weighted by atomic mass is 10.0. The molecule has 0 unspecified atom stereocenters. The third kappa shape index (κ3) is 1.81. The lowest BCUT2D eigenvalue weighted by Crippen LogP contribution is -2.23. The van der Waals surface area contributed by atoms with Gasteiger partial charge in [0.15, 0.2) is 15.3 Å². The van der Waals surface area contributed by atoms with Crippen LogP contribution >= 0.6 is 0 Å². The average Bonchev–Trinajstić information content (AvgIpc) is 3.11. The van der Waals surface area contributed by atoms with Crippen molar-refractivity contribution in [2.45, 2.75) is 18.1 Å². The Labute approximate surface area is 111 Å². The largest absolute Gasteiger partial charge is 0.480 e. The summed E-state index contributed by atoms with van der Waals surface area (Å²) < 4.78 is 24.0. The van der Waals surface area contributed by atoms with Gasteiger partial charge in [-0.3, -0.25) is 4.79 Å². The van der Waals surface area contributed by atoms with Crippen molar-refractivity contribution < 1.29 is 18.3 Å². The van der Waals surface area contributed by atoms with E-state index in [1.807, 2.05) is 0 Å². The third-order valence-electron chi connectivity index (χ3n) is 3.62. The molecule has 1 fully saturated rings. The van der Waals surface area contributed by atoms with Crippen LogP contribution in [0.25, 0.3) is 0 Å². The lowest BCUT2D eigenvalue weighted by molar-refractivity contribution is -0.141. The van der Waals surface area contributed by atoms with Crippen LogP contribution in [0.2, 0.25) is 0 Å². The number of sulfone groups is 1. The zero-order valence-corrected chi connectivity index (χ0v) is 11.1. The second kappa shape index (κ2) is 4.35. The number of benzene rings is 1. The molecule has 0 bridgehead atoms. The minimum absolute atomic E-state index is 0.169. The topological polar surface area (TPSA) is 95.2 Å². The lowest BCUT2D eigenvalue weighted by Gasteiger charge is -2.01. The van der Waals surface area contributed by atoms with Crippen LogP contribution in [0.3, 0.4) is 0 Å². The van der Waals surface area contributed by atoms with Gasteiger partial charge in [-0.2, -0.15) is 5.26 Å². The van der Waals surface area contributed by atoms with Gasteiger partial charge in [0.25, 0.3) is 0 Å². The van der Waals surface area contributed by atoms with Gasteiger partial charge in [0.2, 0.25) is 0 Å². The van der Waals surface area contributed by atoms with Gasteiger partial charge in [0.05, 0.1) is 6.07 Å². The number of aliphatic carboxylic acids is 1. The Morgan fingerprint density at radius 3 is 2.42 bits per heavy atom. The van der Waals surface area contributed by atoms with E-state index in [-0.39, 0.29) is 5.75 Å². The van der Waals surface area contributed by atoms with Crippen LogP contribution in [-0.2, 0) is 14.6 Å². The smallest absolute Gasteiger partial charge is 0.326 e. The molecule has 19 heavy (non-hydrogen) atoms. The molecule has 6 heteroatoms. The van der Waals surface area contributed by atoms with Gasteiger partial charge in [0, 0.05) is 11.7 Å². The summed E-state index contributed by atoms with van der Waals surface area (Å²) in [5.41, 5.74) is -1.27. The van der Waals surface area contributed by atoms with Crippen LogP contribution in [-0.4, -0.2) is 30.5 Å². The Morgan fingerprint density at radius 2 is 2.00 bits per heavy atom. The molecule has 1 aromatic carbocycles. The first-order valence-corrected chi connectivity index (χ1v) is 7.54. The van der Waals surface area contributed by atoms with E-state index in [1.54, 1.807) is 36.4 Å². The Bertz CT molecular complexity index is 647. The average molecular weight is 279 g/mol. The first-order chi connectivity index (χ1) is 8.91. The molecule has 2 rings (SSSR count). The molecule has 3 atom stereocenters. The number of rotatable bonds is 4. The van der Waals surface area contributed by atoms with Crippen molar-refractivity contribution in [3.63, 3.8) is 0 Å². The van der Waals surface area contributed by atoms with Gasteiger partial charge >= 0.3 is 5.97 Å². The molecule has 100 valence electrons. The fraction of sp³-hybridized carbons (Fsp3) is 0.385. The molecule has 0 aliphatic heterocycles. The van der Waals surface area contributed by atoms with Gasteiger partial charge in [0.1, 0.15) is 5.25 Å². The van der Waals surface area contributed by atoms with Crippen LogP contribution in [0.15, 0.2) is 30.3 Å². The van der Waals surface area contributed by atoms with Crippen molar-refractivity contribution in [2.75, 3.05) is 5.75 Å². The van der Waals surface area contributed by atoms with Crippen LogP contribution in [0, 0.1) is 16.7 Å². The van der Waals surface area contributed by atoms with Crippen LogP contribution in [0.4, 0.5) is 0 Å². The summed E-state index contributed by atoms with van der Waals surface area (Å²) in [5, 5.41) is 17.3. The predicted molar refractivity (Wildman–Crippen MR) is 68.1 cm³/mol. The first kappa shape index (κ1) is 13.6. The summed E-state index contributed by atoms with van der Waals surface area (Å²) >= 11 is 0. The highest BCUT2D eigenvalue weighted by atomic mass is 32.2. The second-order valence-corrected chi connectivity index (χ2v) is 6.96. The summed E-state index contributed by atoms with van der Waals surface area (Å²) in [7, 11) is -3.59. The van der Waals surface area contributed by atoms with Gasteiger partial charge in [-0.25, -0.2) is 8.42 Å². The Hall–Kier alpha value is -1.87. The van der Waals surface area contributed by atoms with Crippen molar-refractivity contribution in [1.82, 2.24) is 0 Å². The molecule has 1 aromatic rings. The molecule has 1 aliphatic rings. The maximum atomic E-state index is 12.0. The summed E-state index contributed by atoms with van der Waals surface area (Å²) in [4.78, 5) is 11.4. The summed E-state index contributed by atoms with van der Waals surface area (Å²) in [5.74, 6) is -2.33. The Balaban J connectivity index is 2.55. The summed E-state index contributed by atoms with van der Waals surface area (Å²) in [6.07, 6.45) is 0. The molecule has 1 N–H and O–H groups in total. The molecular formula is C13H13NO4S. The molecule has 0 amide bonds. The number of nitrogens with zero attached hydrogens (tertiary/aromatic N) is 1. The van der Waals surface area contributed by atoms with Crippen LogP contribution in [0.5, 0.6) is 0 Å². The zero-order chi connectivity index (χ0) is 14.3. The monoisotopic (exact) mass is 279 g/mol. The molecule has 1 aliphatic carbocycles. The second-order valence-electron chi connectivity index (χ2n) is 4.55. The van der Waals surface area contributed by atoms with Crippen molar-refractivity contribution in [3.05, 3.63) is 35.9 Å². The number of hydrogen-bond acceptors (Lipinski definition) is 4. The standard InChI is InChI=1S/C13H13NO4S/c1-2-19(17,18)11-10(9-6-4-3-5-7-9)13(11,8-14)12(15)16/h3-7,10-11H,2H2,1H3,(H,15,16)/t10-,11-,13+/m1/s1. The Kier molecular flexibility index (Phi) is 3.11. The minimum atomic E-state index is -3.59. The maximum Gasteiger partial charge on any atom is 0.326 e. The van der Waals surface area contributed by atoms with E-state index in [0.717, 1.165) is 0 Å². The SMILES string of the molecule is CCS(=O)(=O)[C@@H]1[C@@H](c2ccccc2)[C@]1(C#N)C(=O)O. The normalized spacial score (nSPS) is 29.5. The fourth-order valence-corrected chi connectivity index (χ4v) is 4.49. The number of carboxylic acid groups (broad SMARTS) is 1. The molecule has 0 radical (unpaired) electrons. The van der Waals surface area contributed by atoms with Gasteiger partial charge in [-0.15, -0.1) is 0 Å². The van der Waals surface area contributed by atoms with Crippen molar-refractivity contribution >= 4 is 15.8 Å². The van der Waals surface area contributed by atoms with E-state index >= 15 is 0 Å². The predicted octanol–water partition coefficient (Wildman–Crippen LogP) is 1.18. The van der Waals surface area contributed by atoms with E-state index in [1.165, 1.54) is 6.92 Å². The number of carbonyl (C=O) groups is 1. The first-order valence-electron chi connectivity index (χ1n) is 5.83. The van der Waals surface area contributed by atoms with E-state index < -0.39 is 32.4 Å². The van der Waals surface area contributed by atoms with E-state index in [9.17, 15) is 23.6 Å². The molecule has 0 spiro atoms. The highest BCUT2D eigenvalue weighted by Gasteiger charge is 2.76. The molecule has 0 saturated heterocycles. The van der Waals surface area contributed by atoms with E-state index in [0.29, 0.717) is 5.56 Å². The molecule has 0 heterocycles. The van der Waals surface area contributed by atoms with Crippen molar-refractivity contribution in [3.8, 4) is 6.07 Å². The number of carboxylic acids is 1. The minimum Gasteiger partial charge on any atom is -0.480 e. The molecule has 1 saturated carbocycles. The molecule has 5 nitrogen and oxygen atoms in total.